The van der Waals surface area contributed by atoms with Crippen LogP contribution in [0.2, 0.25) is 0 Å². The minimum Gasteiger partial charge on any atom is -0.335 e. The highest BCUT2D eigenvalue weighted by molar-refractivity contribution is 5.94. The second-order valence-corrected chi connectivity index (χ2v) is 7.19. The molecule has 2 N–H and O–H groups in total. The van der Waals surface area contributed by atoms with Gasteiger partial charge in [-0.15, -0.1) is 5.10 Å². The van der Waals surface area contributed by atoms with Crippen molar-refractivity contribution < 1.29 is 18.0 Å². The lowest BCUT2D eigenvalue weighted by Crippen LogP contribution is -2.04. The first-order valence-corrected chi connectivity index (χ1v) is 9.59. The Morgan fingerprint density at radius 2 is 1.81 bits per heavy atom. The van der Waals surface area contributed by atoms with Gasteiger partial charge in [0.2, 0.25) is 5.95 Å². The number of ketones is 1. The van der Waals surface area contributed by atoms with E-state index in [-0.39, 0.29) is 11.7 Å². The number of carbonyl (C=O) groups is 1. The predicted octanol–water partition coefficient (Wildman–Crippen LogP) is 5.24. The maximum Gasteiger partial charge on any atom is 0.416 e. The van der Waals surface area contributed by atoms with Crippen molar-refractivity contribution in [2.45, 2.75) is 13.1 Å². The molecule has 0 aliphatic rings. The van der Waals surface area contributed by atoms with E-state index in [9.17, 15) is 18.0 Å². The molecule has 0 aliphatic carbocycles. The molecular formula is C22H15F3N6O. The molecule has 0 atom stereocenters. The summed E-state index contributed by atoms with van der Waals surface area (Å²) in [7, 11) is 0. The number of aromatic nitrogens is 5. The largest absolute Gasteiger partial charge is 0.416 e. The van der Waals surface area contributed by atoms with Gasteiger partial charge in [-0.05, 0) is 48.5 Å². The molecule has 5 rings (SSSR count). The number of fused-ring (bicyclic) bond motifs is 2. The number of carbonyl (C=O) groups excluding carboxylic acids is 1. The summed E-state index contributed by atoms with van der Waals surface area (Å²) in [5.41, 5.74) is 3.24. The molecule has 0 saturated carbocycles. The predicted molar refractivity (Wildman–Crippen MR) is 113 cm³/mol. The lowest BCUT2D eigenvalue weighted by atomic mass is 10.1. The lowest BCUT2D eigenvalue weighted by molar-refractivity contribution is -0.137. The number of Topliss-reactive ketones (excluding diaryl/α,β-unsaturated/α-hetero) is 1. The minimum atomic E-state index is -4.39. The molecule has 7 nitrogen and oxygen atoms in total. The highest BCUT2D eigenvalue weighted by Crippen LogP contribution is 2.30. The molecule has 3 aromatic heterocycles. The van der Waals surface area contributed by atoms with E-state index in [1.54, 1.807) is 10.6 Å². The molecule has 0 radical (unpaired) electrons. The van der Waals surface area contributed by atoms with Crippen molar-refractivity contribution in [3.63, 3.8) is 0 Å². The Morgan fingerprint density at radius 3 is 2.53 bits per heavy atom. The Bertz CT molecular complexity index is 1470. The number of benzene rings is 2. The molecule has 2 aromatic carbocycles. The molecule has 0 unspecified atom stereocenters. The molecule has 32 heavy (non-hydrogen) atoms. The second kappa shape index (κ2) is 7.19. The zero-order chi connectivity index (χ0) is 22.5. The number of nitrogens with zero attached hydrogens (tertiary/aromatic N) is 4. The molecule has 0 amide bonds. The second-order valence-electron chi connectivity index (χ2n) is 7.19. The number of H-pyrrole nitrogens is 1. The van der Waals surface area contributed by atoms with Crippen molar-refractivity contribution >= 4 is 34.1 Å². The van der Waals surface area contributed by atoms with Crippen LogP contribution in [0, 0.1) is 0 Å². The standard InChI is InChI=1S/C22H15F3N6O/c1-12(32)20-27-16-10-5-13(11-17(16)28-20)18-3-2-4-19-29-21(30-31(18)19)26-15-8-6-14(7-9-15)22(23,24)25/h2-11H,1H3,(H,26,30)(H,27,28). The van der Waals surface area contributed by atoms with Crippen molar-refractivity contribution in [1.82, 2.24) is 24.6 Å². The number of hydrogen-bond acceptors (Lipinski definition) is 5. The van der Waals surface area contributed by atoms with Crippen molar-refractivity contribution in [2.24, 2.45) is 0 Å². The zero-order valence-corrected chi connectivity index (χ0v) is 16.6. The third-order valence-electron chi connectivity index (χ3n) is 4.94. The normalized spacial score (nSPS) is 11.9. The van der Waals surface area contributed by atoms with E-state index in [4.69, 9.17) is 0 Å². The van der Waals surface area contributed by atoms with Gasteiger partial charge in [-0.1, -0.05) is 12.1 Å². The Hall–Kier alpha value is -4.21. The van der Waals surface area contributed by atoms with E-state index in [1.807, 2.05) is 30.3 Å². The fourth-order valence-corrected chi connectivity index (χ4v) is 3.38. The van der Waals surface area contributed by atoms with E-state index in [0.29, 0.717) is 28.2 Å². The summed E-state index contributed by atoms with van der Waals surface area (Å²) in [5, 5.41) is 7.39. The number of alkyl halides is 3. The van der Waals surface area contributed by atoms with E-state index in [1.165, 1.54) is 19.1 Å². The van der Waals surface area contributed by atoms with Gasteiger partial charge in [-0.3, -0.25) is 4.79 Å². The van der Waals surface area contributed by atoms with Gasteiger partial charge in [0.1, 0.15) is 0 Å². The molecule has 0 bridgehead atoms. The quantitative estimate of drug-likeness (QED) is 0.376. The molecule has 0 spiro atoms. The highest BCUT2D eigenvalue weighted by Gasteiger charge is 2.30. The number of nitrogens with one attached hydrogen (secondary N) is 2. The van der Waals surface area contributed by atoms with Gasteiger partial charge in [-0.25, -0.2) is 9.50 Å². The molecule has 0 saturated heterocycles. The topological polar surface area (TPSA) is 88.0 Å². The fraction of sp³-hybridized carbons (Fsp3) is 0.0909. The Balaban J connectivity index is 1.49. The van der Waals surface area contributed by atoms with Crippen LogP contribution in [-0.2, 0) is 6.18 Å². The molecular weight excluding hydrogens is 421 g/mol. The molecule has 5 aromatic rings. The van der Waals surface area contributed by atoms with Crippen molar-refractivity contribution in [3.8, 4) is 11.3 Å². The van der Waals surface area contributed by atoms with Crippen LogP contribution >= 0.6 is 0 Å². The number of hydrogen-bond donors (Lipinski definition) is 2. The van der Waals surface area contributed by atoms with Crippen LogP contribution in [0.5, 0.6) is 0 Å². The van der Waals surface area contributed by atoms with Crippen LogP contribution in [0.25, 0.3) is 27.9 Å². The van der Waals surface area contributed by atoms with Gasteiger partial charge in [0.15, 0.2) is 17.3 Å². The summed E-state index contributed by atoms with van der Waals surface area (Å²) < 4.78 is 39.9. The van der Waals surface area contributed by atoms with Crippen LogP contribution in [0.1, 0.15) is 23.1 Å². The van der Waals surface area contributed by atoms with Gasteiger partial charge in [0, 0.05) is 18.2 Å². The van der Waals surface area contributed by atoms with Crippen molar-refractivity contribution in [3.05, 3.63) is 72.1 Å². The number of anilines is 2. The van der Waals surface area contributed by atoms with Crippen LogP contribution in [0.15, 0.2) is 60.7 Å². The van der Waals surface area contributed by atoms with E-state index < -0.39 is 11.7 Å². The van der Waals surface area contributed by atoms with Crippen molar-refractivity contribution in [1.29, 1.82) is 0 Å². The van der Waals surface area contributed by atoms with Gasteiger partial charge < -0.3 is 10.3 Å². The summed E-state index contributed by atoms with van der Waals surface area (Å²) in [6, 6.07) is 15.7. The Morgan fingerprint density at radius 1 is 1.03 bits per heavy atom. The first-order valence-electron chi connectivity index (χ1n) is 9.59. The number of aromatic amines is 1. The molecule has 0 aliphatic heterocycles. The van der Waals surface area contributed by atoms with E-state index in [2.05, 4.69) is 25.4 Å². The van der Waals surface area contributed by atoms with Crippen molar-refractivity contribution in [2.75, 3.05) is 5.32 Å². The van der Waals surface area contributed by atoms with Crippen LogP contribution in [0.3, 0.4) is 0 Å². The lowest BCUT2D eigenvalue weighted by Gasteiger charge is -2.07. The minimum absolute atomic E-state index is 0.153. The highest BCUT2D eigenvalue weighted by atomic mass is 19.4. The van der Waals surface area contributed by atoms with E-state index in [0.717, 1.165) is 23.4 Å². The average molecular weight is 436 g/mol. The summed E-state index contributed by atoms with van der Waals surface area (Å²) in [4.78, 5) is 23.3. The van der Waals surface area contributed by atoms with Crippen LogP contribution in [-0.4, -0.2) is 30.3 Å². The zero-order valence-electron chi connectivity index (χ0n) is 16.6. The summed E-state index contributed by atoms with van der Waals surface area (Å²) in [5.74, 6) is 0.387. The first kappa shape index (κ1) is 19.7. The summed E-state index contributed by atoms with van der Waals surface area (Å²) in [6.45, 7) is 1.44. The molecule has 160 valence electrons. The Kier molecular flexibility index (Phi) is 4.43. The third kappa shape index (κ3) is 3.55. The molecule has 10 heteroatoms. The third-order valence-corrected chi connectivity index (χ3v) is 4.94. The smallest absolute Gasteiger partial charge is 0.335 e. The monoisotopic (exact) mass is 436 g/mol. The Labute approximate surface area is 178 Å². The SMILES string of the molecule is CC(=O)c1nc2ccc(-c3cccc4nc(Nc5ccc(C(F)(F)F)cc5)nn34)cc2[nH]1. The number of halogens is 3. The number of rotatable bonds is 4. The first-order chi connectivity index (χ1) is 15.3. The maximum atomic E-state index is 12.8. The summed E-state index contributed by atoms with van der Waals surface area (Å²) in [6.07, 6.45) is -4.39. The van der Waals surface area contributed by atoms with Gasteiger partial charge in [-0.2, -0.15) is 18.2 Å². The number of pyridine rings is 1. The average Bonchev–Trinajstić information content (AvgIpc) is 3.36. The maximum absolute atomic E-state index is 12.8. The molecule has 0 fully saturated rings. The van der Waals surface area contributed by atoms with Gasteiger partial charge >= 0.3 is 6.18 Å². The van der Waals surface area contributed by atoms with Crippen LogP contribution < -0.4 is 5.32 Å². The number of imidazole rings is 1. The van der Waals surface area contributed by atoms with Gasteiger partial charge in [0.25, 0.3) is 0 Å². The van der Waals surface area contributed by atoms with Gasteiger partial charge in [0.05, 0.1) is 22.3 Å². The summed E-state index contributed by atoms with van der Waals surface area (Å²) >= 11 is 0. The van der Waals surface area contributed by atoms with Crippen LogP contribution in [0.4, 0.5) is 24.8 Å². The van der Waals surface area contributed by atoms with E-state index >= 15 is 0 Å². The molecule has 3 heterocycles. The fourth-order valence-electron chi connectivity index (χ4n) is 3.38.